The molecule has 0 atom stereocenters. The number of benzene rings is 1. The Balaban J connectivity index is 2.05. The monoisotopic (exact) mass is 257 g/mol. The molecule has 0 radical (unpaired) electrons. The fourth-order valence-electron chi connectivity index (χ4n) is 1.96. The molecule has 0 spiro atoms. The molecule has 0 aliphatic carbocycles. The number of rotatable bonds is 5. The molecule has 0 unspecified atom stereocenters. The molecule has 2 aromatic rings. The van der Waals surface area contributed by atoms with E-state index in [0.29, 0.717) is 5.92 Å². The average molecular weight is 257 g/mol. The van der Waals surface area contributed by atoms with Crippen molar-refractivity contribution >= 4 is 0 Å². The number of hydrogen-bond acceptors (Lipinski definition) is 2. The molecule has 0 bridgehead atoms. The van der Waals surface area contributed by atoms with Gasteiger partial charge in [0.1, 0.15) is 0 Å². The van der Waals surface area contributed by atoms with Crippen molar-refractivity contribution < 1.29 is 0 Å². The van der Waals surface area contributed by atoms with E-state index < -0.39 is 0 Å². The molecule has 0 saturated carbocycles. The van der Waals surface area contributed by atoms with Gasteiger partial charge in [-0.3, -0.25) is 0 Å². The molecular weight excluding hydrogens is 234 g/mol. The Bertz CT molecular complexity index is 541. The third kappa shape index (κ3) is 3.67. The van der Waals surface area contributed by atoms with Crippen LogP contribution in [0.2, 0.25) is 0 Å². The minimum Gasteiger partial charge on any atom is -0.311 e. The van der Waals surface area contributed by atoms with Crippen LogP contribution < -0.4 is 5.32 Å². The van der Waals surface area contributed by atoms with Crippen LogP contribution >= 0.6 is 0 Å². The van der Waals surface area contributed by atoms with Crippen molar-refractivity contribution in [2.75, 3.05) is 6.54 Å². The Morgan fingerprint density at radius 1 is 1.16 bits per heavy atom. The summed E-state index contributed by atoms with van der Waals surface area (Å²) in [5.74, 6) is 0.668. The topological polar surface area (TPSA) is 29.9 Å². The summed E-state index contributed by atoms with van der Waals surface area (Å²) in [6.07, 6.45) is 2.02. The summed E-state index contributed by atoms with van der Waals surface area (Å²) in [5.41, 5.74) is 4.82. The Labute approximate surface area is 115 Å². The minimum atomic E-state index is 0.668. The highest BCUT2D eigenvalue weighted by Gasteiger charge is 2.03. The Morgan fingerprint density at radius 2 is 1.95 bits per heavy atom. The van der Waals surface area contributed by atoms with E-state index in [4.69, 9.17) is 0 Å². The van der Waals surface area contributed by atoms with E-state index in [9.17, 15) is 0 Å². The summed E-state index contributed by atoms with van der Waals surface area (Å²) >= 11 is 0. The van der Waals surface area contributed by atoms with Crippen molar-refractivity contribution in [2.24, 2.45) is 5.92 Å². The SMILES string of the molecule is Cc1ccc(-n2ccc(CNCC(C)C)n2)cc1C. The molecule has 3 heteroatoms. The summed E-state index contributed by atoms with van der Waals surface area (Å²) in [6.45, 7) is 10.5. The maximum atomic E-state index is 4.60. The largest absolute Gasteiger partial charge is 0.311 e. The van der Waals surface area contributed by atoms with Crippen molar-refractivity contribution in [2.45, 2.75) is 34.2 Å². The number of nitrogens with one attached hydrogen (secondary N) is 1. The maximum Gasteiger partial charge on any atom is 0.0766 e. The first-order valence-corrected chi connectivity index (χ1v) is 6.89. The van der Waals surface area contributed by atoms with Gasteiger partial charge in [0, 0.05) is 12.7 Å². The van der Waals surface area contributed by atoms with Crippen LogP contribution in [0.4, 0.5) is 0 Å². The van der Waals surface area contributed by atoms with Gasteiger partial charge in [-0.05, 0) is 55.6 Å². The fraction of sp³-hybridized carbons (Fsp3) is 0.438. The van der Waals surface area contributed by atoms with Crippen LogP contribution in [-0.2, 0) is 6.54 Å². The summed E-state index contributed by atoms with van der Waals surface area (Å²) in [5, 5.41) is 8.01. The summed E-state index contributed by atoms with van der Waals surface area (Å²) < 4.78 is 1.94. The third-order valence-electron chi connectivity index (χ3n) is 3.26. The van der Waals surface area contributed by atoms with Gasteiger partial charge in [0.25, 0.3) is 0 Å². The van der Waals surface area contributed by atoms with E-state index in [1.807, 2.05) is 10.9 Å². The highest BCUT2D eigenvalue weighted by atomic mass is 15.3. The minimum absolute atomic E-state index is 0.668. The number of aromatic nitrogens is 2. The molecule has 3 nitrogen and oxygen atoms in total. The standard InChI is InChI=1S/C16H23N3/c1-12(2)10-17-11-15-7-8-19(18-15)16-6-5-13(3)14(4)9-16/h5-9,12,17H,10-11H2,1-4H3. The first-order chi connectivity index (χ1) is 9.06. The summed E-state index contributed by atoms with van der Waals surface area (Å²) in [6, 6.07) is 8.50. The number of aryl methyl sites for hydroxylation is 2. The first kappa shape index (κ1) is 13.8. The van der Waals surface area contributed by atoms with Gasteiger partial charge in [0.15, 0.2) is 0 Å². The Hall–Kier alpha value is -1.61. The zero-order chi connectivity index (χ0) is 13.8. The van der Waals surface area contributed by atoms with E-state index in [1.54, 1.807) is 0 Å². The molecule has 2 rings (SSSR count). The van der Waals surface area contributed by atoms with Gasteiger partial charge in [-0.2, -0.15) is 5.10 Å². The lowest BCUT2D eigenvalue weighted by molar-refractivity contribution is 0.546. The lowest BCUT2D eigenvalue weighted by Crippen LogP contribution is -2.19. The zero-order valence-electron chi connectivity index (χ0n) is 12.3. The summed E-state index contributed by atoms with van der Waals surface area (Å²) in [4.78, 5) is 0. The van der Waals surface area contributed by atoms with Gasteiger partial charge in [0.2, 0.25) is 0 Å². The second-order valence-corrected chi connectivity index (χ2v) is 5.54. The van der Waals surface area contributed by atoms with Crippen molar-refractivity contribution in [3.63, 3.8) is 0 Å². The molecule has 0 aliphatic rings. The molecule has 0 saturated heterocycles. The predicted molar refractivity (Wildman–Crippen MR) is 79.6 cm³/mol. The third-order valence-corrected chi connectivity index (χ3v) is 3.26. The van der Waals surface area contributed by atoms with Crippen molar-refractivity contribution in [1.29, 1.82) is 0 Å². The van der Waals surface area contributed by atoms with Crippen LogP contribution in [0, 0.1) is 19.8 Å². The zero-order valence-corrected chi connectivity index (χ0v) is 12.3. The van der Waals surface area contributed by atoms with E-state index in [2.05, 4.69) is 62.4 Å². The predicted octanol–water partition coefficient (Wildman–Crippen LogP) is 3.23. The van der Waals surface area contributed by atoms with Crippen LogP contribution in [0.5, 0.6) is 0 Å². The second-order valence-electron chi connectivity index (χ2n) is 5.54. The molecule has 102 valence electrons. The maximum absolute atomic E-state index is 4.60. The fourth-order valence-corrected chi connectivity index (χ4v) is 1.96. The van der Waals surface area contributed by atoms with Crippen LogP contribution in [0.3, 0.4) is 0 Å². The Kier molecular flexibility index (Phi) is 4.38. The highest BCUT2D eigenvalue weighted by Crippen LogP contribution is 2.13. The van der Waals surface area contributed by atoms with E-state index in [0.717, 1.165) is 24.5 Å². The lowest BCUT2D eigenvalue weighted by Gasteiger charge is -2.06. The van der Waals surface area contributed by atoms with Crippen molar-refractivity contribution in [1.82, 2.24) is 15.1 Å². The van der Waals surface area contributed by atoms with Crippen molar-refractivity contribution in [3.05, 3.63) is 47.3 Å². The first-order valence-electron chi connectivity index (χ1n) is 6.89. The lowest BCUT2D eigenvalue weighted by atomic mass is 10.1. The van der Waals surface area contributed by atoms with Gasteiger partial charge in [-0.15, -0.1) is 0 Å². The highest BCUT2D eigenvalue weighted by molar-refractivity contribution is 5.39. The van der Waals surface area contributed by atoms with Crippen LogP contribution in [0.1, 0.15) is 30.7 Å². The molecule has 0 fully saturated rings. The van der Waals surface area contributed by atoms with E-state index in [-0.39, 0.29) is 0 Å². The molecule has 1 N–H and O–H groups in total. The van der Waals surface area contributed by atoms with E-state index >= 15 is 0 Å². The average Bonchev–Trinajstić information content (AvgIpc) is 2.81. The van der Waals surface area contributed by atoms with Gasteiger partial charge in [-0.25, -0.2) is 4.68 Å². The molecule has 0 aliphatic heterocycles. The van der Waals surface area contributed by atoms with Gasteiger partial charge in [0.05, 0.1) is 11.4 Å². The molecule has 1 heterocycles. The molecule has 19 heavy (non-hydrogen) atoms. The number of nitrogens with zero attached hydrogens (tertiary/aromatic N) is 2. The van der Waals surface area contributed by atoms with Gasteiger partial charge in [-0.1, -0.05) is 19.9 Å². The molecule has 1 aromatic heterocycles. The normalized spacial score (nSPS) is 11.2. The quantitative estimate of drug-likeness (QED) is 0.891. The molecule has 0 amide bonds. The van der Waals surface area contributed by atoms with Gasteiger partial charge >= 0.3 is 0 Å². The van der Waals surface area contributed by atoms with Crippen molar-refractivity contribution in [3.8, 4) is 5.69 Å². The number of hydrogen-bond donors (Lipinski definition) is 1. The van der Waals surface area contributed by atoms with E-state index in [1.165, 1.54) is 11.1 Å². The van der Waals surface area contributed by atoms with Gasteiger partial charge < -0.3 is 5.32 Å². The van der Waals surface area contributed by atoms with Crippen LogP contribution in [-0.4, -0.2) is 16.3 Å². The smallest absolute Gasteiger partial charge is 0.0766 e. The molecule has 1 aromatic carbocycles. The second kappa shape index (κ2) is 6.02. The van der Waals surface area contributed by atoms with Crippen LogP contribution in [0.15, 0.2) is 30.5 Å². The van der Waals surface area contributed by atoms with Crippen LogP contribution in [0.25, 0.3) is 5.69 Å². The summed E-state index contributed by atoms with van der Waals surface area (Å²) in [7, 11) is 0. The Morgan fingerprint density at radius 3 is 2.63 bits per heavy atom. The molecular formula is C16H23N3.